The summed E-state index contributed by atoms with van der Waals surface area (Å²) in [5.74, 6) is -1.44. The minimum atomic E-state index is -4.02. The largest absolute Gasteiger partial charge is 0.468 e. The van der Waals surface area contributed by atoms with E-state index >= 15 is 0 Å². The first-order valence-corrected chi connectivity index (χ1v) is 9.97. The molecule has 0 aliphatic carbocycles. The molecule has 1 heterocycles. The van der Waals surface area contributed by atoms with Crippen LogP contribution < -0.4 is 0 Å². The molecule has 0 bridgehead atoms. The van der Waals surface area contributed by atoms with Crippen LogP contribution in [-0.2, 0) is 19.6 Å². The average Bonchev–Trinajstić information content (AvgIpc) is 2.69. The molecule has 1 aliphatic heterocycles. The molecule has 2 aromatic carbocycles. The zero-order valence-corrected chi connectivity index (χ0v) is 16.0. The number of rotatable bonds is 5. The van der Waals surface area contributed by atoms with Gasteiger partial charge in [0.15, 0.2) is 0 Å². The van der Waals surface area contributed by atoms with E-state index in [9.17, 15) is 13.2 Å². The van der Waals surface area contributed by atoms with E-state index in [2.05, 4.69) is 0 Å². The molecule has 0 N–H and O–H groups in total. The molecule has 0 saturated carbocycles. The van der Waals surface area contributed by atoms with Gasteiger partial charge < -0.3 is 4.74 Å². The molecule has 27 heavy (non-hydrogen) atoms. The van der Waals surface area contributed by atoms with Gasteiger partial charge >= 0.3 is 5.97 Å². The van der Waals surface area contributed by atoms with Gasteiger partial charge in [0.1, 0.15) is 18.5 Å². The van der Waals surface area contributed by atoms with Crippen LogP contribution in [0, 0.1) is 13.3 Å². The van der Waals surface area contributed by atoms with Gasteiger partial charge in [-0.1, -0.05) is 48.0 Å². The number of nitrogens with zero attached hydrogens (tertiary/aromatic N) is 1. The van der Waals surface area contributed by atoms with Gasteiger partial charge in [0, 0.05) is 0 Å². The summed E-state index contributed by atoms with van der Waals surface area (Å²) in [6.45, 7) is 0.712. The van der Waals surface area contributed by atoms with Crippen molar-refractivity contribution in [2.45, 2.75) is 23.8 Å². The van der Waals surface area contributed by atoms with Crippen molar-refractivity contribution < 1.29 is 19.3 Å². The molecule has 0 spiro atoms. The molecule has 6 heteroatoms. The summed E-state index contributed by atoms with van der Waals surface area (Å²) in [6, 6.07) is 14.4. The van der Waals surface area contributed by atoms with Crippen molar-refractivity contribution in [3.05, 3.63) is 84.3 Å². The van der Waals surface area contributed by atoms with Gasteiger partial charge in [0.2, 0.25) is 10.0 Å². The third-order valence-electron chi connectivity index (χ3n) is 4.50. The number of carbonyl (C=O) groups excluding carboxylic acids is 1. The number of hydrogen-bond donors (Lipinski definition) is 0. The van der Waals surface area contributed by atoms with E-state index in [1.807, 2.05) is 13.0 Å². The van der Waals surface area contributed by atoms with Crippen LogP contribution in [0.3, 0.4) is 0 Å². The van der Waals surface area contributed by atoms with Crippen molar-refractivity contribution in [2.24, 2.45) is 0 Å². The van der Waals surface area contributed by atoms with Crippen LogP contribution in [0.15, 0.2) is 71.6 Å². The zero-order chi connectivity index (χ0) is 20.3. The summed E-state index contributed by atoms with van der Waals surface area (Å²) in [4.78, 5) is 12.7. The van der Waals surface area contributed by atoms with E-state index in [1.165, 1.54) is 25.7 Å². The standard InChI is InChI=1S/C21H22NO4S/c1-16-11-13-18(14-12-16)27(24,25)22-15-7-6-10-19(22)20(21(23)26-2)17-8-4-3-5-9-17/h3-14,19-20H,15H2,1-2H3/q+1/t19-,20?/m1/s1/i15D/t15-,19+,20?/m0. The maximum atomic E-state index is 13.4. The second-order valence-corrected chi connectivity index (χ2v) is 8.12. The minimum absolute atomic E-state index is 0.0840. The van der Waals surface area contributed by atoms with Gasteiger partial charge in [-0.05, 0) is 24.6 Å². The van der Waals surface area contributed by atoms with Crippen molar-refractivity contribution in [3.8, 4) is 0 Å². The monoisotopic (exact) mass is 385 g/mol. The van der Waals surface area contributed by atoms with Crippen LogP contribution in [0.5, 0.6) is 0 Å². The zero-order valence-electron chi connectivity index (χ0n) is 16.1. The normalized spacial score (nSPS) is 21.8. The van der Waals surface area contributed by atoms with Gasteiger partial charge in [-0.15, -0.1) is 4.31 Å². The number of benzene rings is 2. The Hall–Kier alpha value is -2.57. The summed E-state index contributed by atoms with van der Waals surface area (Å²) >= 11 is 0. The smallest absolute Gasteiger partial charge is 0.317 e. The second-order valence-electron chi connectivity index (χ2n) is 6.28. The van der Waals surface area contributed by atoms with Gasteiger partial charge in [0.05, 0.1) is 31.9 Å². The molecule has 2 aromatic rings. The number of methoxy groups -OCH3 is 1. The van der Waals surface area contributed by atoms with E-state index in [0.29, 0.717) is 5.56 Å². The van der Waals surface area contributed by atoms with Crippen molar-refractivity contribution >= 4 is 16.0 Å². The molecule has 1 aliphatic rings. The van der Waals surface area contributed by atoms with Crippen molar-refractivity contribution in [2.75, 3.05) is 13.6 Å². The molecule has 0 fully saturated rings. The topological polar surface area (TPSA) is 63.7 Å². The first-order valence-electron chi connectivity index (χ1n) is 9.11. The fourth-order valence-corrected chi connectivity index (χ4v) is 4.55. The van der Waals surface area contributed by atoms with Crippen LogP contribution in [0.25, 0.3) is 0 Å². The maximum absolute atomic E-state index is 13.4. The van der Waals surface area contributed by atoms with Crippen molar-refractivity contribution in [1.82, 2.24) is 4.31 Å². The van der Waals surface area contributed by atoms with E-state index in [1.54, 1.807) is 48.6 Å². The van der Waals surface area contributed by atoms with Crippen molar-refractivity contribution in [3.63, 3.8) is 0 Å². The summed E-state index contributed by atoms with van der Waals surface area (Å²) in [6.07, 6.45) is 4.73. The van der Waals surface area contributed by atoms with E-state index in [0.717, 1.165) is 9.87 Å². The number of aryl methyl sites for hydroxylation is 1. The highest BCUT2D eigenvalue weighted by Crippen LogP contribution is 2.32. The van der Waals surface area contributed by atoms with Crippen LogP contribution in [0.1, 0.15) is 18.4 Å². The minimum Gasteiger partial charge on any atom is -0.468 e. The molecule has 3 rings (SSSR count). The lowest BCUT2D eigenvalue weighted by molar-refractivity contribution is -0.143. The van der Waals surface area contributed by atoms with Crippen LogP contribution in [-0.4, -0.2) is 38.4 Å². The Morgan fingerprint density at radius 1 is 1.22 bits per heavy atom. The number of ether oxygens (including phenoxy) is 1. The average molecular weight is 385 g/mol. The fourth-order valence-electron chi connectivity index (χ4n) is 3.09. The van der Waals surface area contributed by atoms with Gasteiger partial charge in [-0.25, -0.2) is 8.42 Å². The highest BCUT2D eigenvalue weighted by atomic mass is 32.2. The molecule has 3 atom stereocenters. The lowest BCUT2D eigenvalue weighted by atomic mass is 9.89. The Kier molecular flexibility index (Phi) is 5.27. The highest BCUT2D eigenvalue weighted by molar-refractivity contribution is 7.89. The van der Waals surface area contributed by atoms with Crippen LogP contribution in [0.2, 0.25) is 0 Å². The molecule has 0 aromatic heterocycles. The van der Waals surface area contributed by atoms with E-state index < -0.39 is 34.5 Å². The lowest BCUT2D eigenvalue weighted by Gasteiger charge is -2.31. The second kappa shape index (κ2) is 7.98. The molecule has 0 radical (unpaired) electrons. The molecule has 0 saturated heterocycles. The quantitative estimate of drug-likeness (QED) is 0.586. The molecular formula is C21H22NO4S+. The first-order chi connectivity index (χ1) is 13.4. The van der Waals surface area contributed by atoms with Crippen LogP contribution in [0.4, 0.5) is 0 Å². The number of sulfonamides is 1. The molecule has 140 valence electrons. The third kappa shape index (κ3) is 3.91. The SMILES string of the molecule is [2H][C@H]1[CH+]C=C[C@H](C(C(=O)OC)c2ccccc2)N1S(=O)(=O)c1ccc(C)cc1. The van der Waals surface area contributed by atoms with Crippen molar-refractivity contribution in [1.29, 1.82) is 0 Å². The van der Waals surface area contributed by atoms with Crippen LogP contribution >= 0.6 is 0 Å². The maximum Gasteiger partial charge on any atom is 0.317 e. The number of hydrogen-bond acceptors (Lipinski definition) is 4. The Morgan fingerprint density at radius 3 is 2.52 bits per heavy atom. The number of esters is 1. The predicted octanol–water partition coefficient (Wildman–Crippen LogP) is 3.09. The third-order valence-corrected chi connectivity index (χ3v) is 6.29. The fraction of sp³-hybridized carbons (Fsp3) is 0.238. The lowest BCUT2D eigenvalue weighted by Crippen LogP contribution is -2.47. The van der Waals surface area contributed by atoms with E-state index in [4.69, 9.17) is 6.11 Å². The predicted molar refractivity (Wildman–Crippen MR) is 103 cm³/mol. The summed E-state index contributed by atoms with van der Waals surface area (Å²) in [5, 5.41) is 0. The molecular weight excluding hydrogens is 362 g/mol. The van der Waals surface area contributed by atoms with Gasteiger partial charge in [-0.2, -0.15) is 0 Å². The summed E-state index contributed by atoms with van der Waals surface area (Å²) in [5.41, 5.74) is 1.56. The molecule has 0 amide bonds. The molecule has 1 unspecified atom stereocenters. The van der Waals surface area contributed by atoms with E-state index in [-0.39, 0.29) is 4.90 Å². The summed E-state index contributed by atoms with van der Waals surface area (Å²) in [7, 11) is -2.74. The molecule has 5 nitrogen and oxygen atoms in total. The first kappa shape index (κ1) is 17.8. The van der Waals surface area contributed by atoms with Gasteiger partial charge in [-0.3, -0.25) is 4.79 Å². The summed E-state index contributed by atoms with van der Waals surface area (Å²) < 4.78 is 41.1. The Labute approximate surface area is 161 Å². The highest BCUT2D eigenvalue weighted by Gasteiger charge is 2.44. The Morgan fingerprint density at radius 2 is 1.89 bits per heavy atom. The Balaban J connectivity index is 2.11. The Bertz CT molecular complexity index is 958. The van der Waals surface area contributed by atoms with Gasteiger partial charge in [0.25, 0.3) is 0 Å². The number of carbonyl (C=O) groups is 1.